The zero-order valence-electron chi connectivity index (χ0n) is 59.3. The highest BCUT2D eigenvalue weighted by molar-refractivity contribution is 7.00. The van der Waals surface area contributed by atoms with Crippen molar-refractivity contribution in [1.82, 2.24) is 0 Å². The van der Waals surface area contributed by atoms with Crippen LogP contribution in [0.25, 0.3) is 11.1 Å². The predicted molar refractivity (Wildman–Crippen MR) is 420 cm³/mol. The zero-order valence-corrected chi connectivity index (χ0v) is 59.3. The summed E-state index contributed by atoms with van der Waals surface area (Å²) in [6, 6.07) is 99.0. The van der Waals surface area contributed by atoms with E-state index in [4.69, 9.17) is 4.74 Å². The van der Waals surface area contributed by atoms with Crippen LogP contribution in [0.2, 0.25) is 0 Å². The number of hydrogen-bond acceptors (Lipinski definition) is 5. The van der Waals surface area contributed by atoms with Crippen LogP contribution in [0.5, 0.6) is 11.5 Å². The largest absolute Gasteiger partial charge is 0.458 e. The van der Waals surface area contributed by atoms with Crippen molar-refractivity contribution < 1.29 is 4.74 Å². The molecule has 5 nitrogen and oxygen atoms in total. The maximum absolute atomic E-state index is 6.87. The van der Waals surface area contributed by atoms with E-state index < -0.39 is 0 Å². The van der Waals surface area contributed by atoms with Crippen LogP contribution in [0.3, 0.4) is 0 Å². The van der Waals surface area contributed by atoms with Gasteiger partial charge in [-0.25, -0.2) is 0 Å². The molecule has 12 aromatic rings. The van der Waals surface area contributed by atoms with Gasteiger partial charge in [-0.15, -0.1) is 0 Å². The molecule has 0 spiro atoms. The van der Waals surface area contributed by atoms with Crippen LogP contribution in [0.15, 0.2) is 267 Å². The highest BCUT2D eigenvalue weighted by Gasteiger charge is 2.47. The number of nitrogens with zero attached hydrogens (tertiary/aromatic N) is 4. The number of para-hydroxylation sites is 4. The summed E-state index contributed by atoms with van der Waals surface area (Å²) in [5.41, 5.74) is 32.9. The molecular formula is C91H86B2N4O. The Morgan fingerprint density at radius 2 is 0.704 bits per heavy atom. The Morgan fingerprint density at radius 1 is 0.296 bits per heavy atom. The molecule has 0 N–H and O–H groups in total. The van der Waals surface area contributed by atoms with Crippen molar-refractivity contribution in [3.05, 3.63) is 300 Å². The smallest absolute Gasteiger partial charge is 0.256 e. The van der Waals surface area contributed by atoms with Gasteiger partial charge in [0.25, 0.3) is 13.4 Å². The standard InChI is InChI=1S/C46H53BN2.C45H33BN2O/c1-43(2,3)30-16-22-34(23-17-30)48-38-26-20-32(45(7,8)9)28-36(38)47-37-29-33(46(10,11)12)21-27-39(37)49(41-15-13-14-40(48)42(41)47)35-24-18-31(19-25-35)44(4,5)6;1-45(2)36-27-33(47(30-15-6-3-7-16-30)31-17-8-4-9-18-31)25-26-34(36)35-28-43-39(29-37(35)45)46-38-21-12-13-22-40(38)48(32-19-10-5-11-20-32)41-23-14-24-42(49-43)44(41)46/h13-29H,1-12H3;3-29H,1-2H3. The third-order valence-corrected chi connectivity index (χ3v) is 21.4. The maximum atomic E-state index is 6.87. The molecule has 0 fully saturated rings. The number of hydrogen-bond donors (Lipinski definition) is 0. The number of benzene rings is 12. The SMILES string of the molecule is CC(C)(C)c1ccc(N2c3ccc(C(C)(C)C)cc3B3c4cc(C(C)(C)C)ccc4N(c4ccc(C(C)(C)C)cc4)c4cccc2c43)cc1.CC1(C)c2cc(N(c3ccccc3)c3ccccc3)ccc2-c2cc3c(cc21)B1c2ccccc2N(c2ccccc2)c2cccc(c21)O3. The maximum Gasteiger partial charge on any atom is 0.256 e. The fourth-order valence-corrected chi connectivity index (χ4v) is 16.1. The summed E-state index contributed by atoms with van der Waals surface area (Å²) in [6.45, 7) is 32.6. The number of ether oxygens (including phenoxy) is 1. The van der Waals surface area contributed by atoms with Gasteiger partial charge in [-0.3, -0.25) is 0 Å². The summed E-state index contributed by atoms with van der Waals surface area (Å²) < 4.78 is 6.87. The number of fused-ring (bicyclic) bond motifs is 11. The highest BCUT2D eigenvalue weighted by Crippen LogP contribution is 2.53. The molecule has 482 valence electrons. The second-order valence-corrected chi connectivity index (χ2v) is 32.2. The molecule has 0 atom stereocenters. The first-order valence-corrected chi connectivity index (χ1v) is 35.1. The Balaban J connectivity index is 0.000000153. The minimum absolute atomic E-state index is 0.0274. The molecular weight excluding hydrogens is 1190 g/mol. The van der Waals surface area contributed by atoms with Gasteiger partial charge in [-0.05, 0) is 220 Å². The van der Waals surface area contributed by atoms with Crippen molar-refractivity contribution in [1.29, 1.82) is 0 Å². The van der Waals surface area contributed by atoms with Crippen LogP contribution in [0.4, 0.5) is 68.2 Å². The third kappa shape index (κ3) is 10.4. The Kier molecular flexibility index (Phi) is 14.7. The van der Waals surface area contributed by atoms with E-state index in [-0.39, 0.29) is 40.5 Å². The molecule has 17 rings (SSSR count). The summed E-state index contributed by atoms with van der Waals surface area (Å²) in [5, 5.41) is 0. The van der Waals surface area contributed by atoms with E-state index in [0.717, 1.165) is 34.2 Å². The minimum Gasteiger partial charge on any atom is -0.458 e. The Morgan fingerprint density at radius 3 is 1.21 bits per heavy atom. The van der Waals surface area contributed by atoms with Gasteiger partial charge in [0.05, 0.1) is 0 Å². The van der Waals surface area contributed by atoms with E-state index in [1.807, 2.05) is 0 Å². The topological polar surface area (TPSA) is 22.2 Å². The zero-order chi connectivity index (χ0) is 67.9. The Labute approximate surface area is 582 Å². The van der Waals surface area contributed by atoms with Crippen molar-refractivity contribution in [2.24, 2.45) is 0 Å². The molecule has 7 heteroatoms. The first-order valence-electron chi connectivity index (χ1n) is 35.1. The van der Waals surface area contributed by atoms with Crippen molar-refractivity contribution >= 4 is 114 Å². The summed E-state index contributed by atoms with van der Waals surface area (Å²) in [7, 11) is 0. The van der Waals surface area contributed by atoms with E-state index in [1.54, 1.807) is 0 Å². The molecule has 0 bridgehead atoms. The molecule has 5 aliphatic rings. The quantitative estimate of drug-likeness (QED) is 0.154. The van der Waals surface area contributed by atoms with Crippen molar-refractivity contribution in [3.8, 4) is 22.6 Å². The van der Waals surface area contributed by atoms with Gasteiger partial charge in [-0.2, -0.15) is 0 Å². The number of anilines is 12. The molecule has 4 heterocycles. The fraction of sp³-hybridized carbons (Fsp3) is 0.209. The molecule has 0 saturated heterocycles. The van der Waals surface area contributed by atoms with Crippen LogP contribution >= 0.6 is 0 Å². The average molecular weight is 1270 g/mol. The average Bonchev–Trinajstić information content (AvgIpc) is 0.856. The summed E-state index contributed by atoms with van der Waals surface area (Å²) >= 11 is 0. The van der Waals surface area contributed by atoms with Crippen molar-refractivity contribution in [2.45, 2.75) is 124 Å². The van der Waals surface area contributed by atoms with E-state index in [2.05, 4.69) is 383 Å². The van der Waals surface area contributed by atoms with E-state index >= 15 is 0 Å². The van der Waals surface area contributed by atoms with E-state index in [0.29, 0.717) is 0 Å². The number of rotatable bonds is 6. The first-order chi connectivity index (χ1) is 46.9. The monoisotopic (exact) mass is 1270 g/mol. The molecule has 0 saturated carbocycles. The summed E-state index contributed by atoms with van der Waals surface area (Å²) in [5.74, 6) is 1.87. The van der Waals surface area contributed by atoms with Crippen molar-refractivity contribution in [2.75, 3.05) is 19.6 Å². The second kappa shape index (κ2) is 23.0. The lowest BCUT2D eigenvalue weighted by atomic mass is 9.33. The summed E-state index contributed by atoms with van der Waals surface area (Å²) in [6.07, 6.45) is 0. The van der Waals surface area contributed by atoms with E-state index in [1.165, 1.54) is 123 Å². The Bertz CT molecular complexity index is 4910. The van der Waals surface area contributed by atoms with E-state index in [9.17, 15) is 0 Å². The van der Waals surface area contributed by atoms with Gasteiger partial charge < -0.3 is 24.3 Å². The van der Waals surface area contributed by atoms with Gasteiger partial charge in [0.15, 0.2) is 0 Å². The second-order valence-electron chi connectivity index (χ2n) is 32.2. The van der Waals surface area contributed by atoms with Gasteiger partial charge in [-0.1, -0.05) is 243 Å². The highest BCUT2D eigenvalue weighted by atomic mass is 16.5. The molecule has 0 radical (unpaired) electrons. The lowest BCUT2D eigenvalue weighted by Crippen LogP contribution is -2.61. The minimum atomic E-state index is -0.210. The van der Waals surface area contributed by atoms with Crippen molar-refractivity contribution in [3.63, 3.8) is 0 Å². The normalized spacial score (nSPS) is 14.3. The molecule has 0 unspecified atom stereocenters. The molecule has 98 heavy (non-hydrogen) atoms. The van der Waals surface area contributed by atoms with Gasteiger partial charge in [0.1, 0.15) is 11.5 Å². The molecule has 12 aromatic carbocycles. The van der Waals surface area contributed by atoms with Crippen LogP contribution in [0.1, 0.15) is 130 Å². The Hall–Kier alpha value is -10.2. The summed E-state index contributed by atoms with van der Waals surface area (Å²) in [4.78, 5) is 9.77. The van der Waals surface area contributed by atoms with Gasteiger partial charge in [0.2, 0.25) is 0 Å². The van der Waals surface area contributed by atoms with Gasteiger partial charge in [0, 0.05) is 73.7 Å². The van der Waals surface area contributed by atoms with Crippen LogP contribution in [-0.4, -0.2) is 13.4 Å². The third-order valence-electron chi connectivity index (χ3n) is 21.4. The lowest BCUT2D eigenvalue weighted by Gasteiger charge is -2.45. The van der Waals surface area contributed by atoms with Crippen LogP contribution < -0.4 is 57.1 Å². The lowest BCUT2D eigenvalue weighted by molar-refractivity contribution is 0.487. The molecule has 0 aromatic heterocycles. The molecule has 4 aliphatic heterocycles. The van der Waals surface area contributed by atoms with Crippen LogP contribution in [-0.2, 0) is 27.1 Å². The fourth-order valence-electron chi connectivity index (χ4n) is 16.1. The van der Waals surface area contributed by atoms with Gasteiger partial charge >= 0.3 is 0 Å². The van der Waals surface area contributed by atoms with Crippen LogP contribution in [0, 0.1) is 0 Å². The predicted octanol–water partition coefficient (Wildman–Crippen LogP) is 20.8. The molecule has 1 aliphatic carbocycles. The molecule has 0 amide bonds. The first kappa shape index (κ1) is 62.6.